The molecule has 168 valence electrons. The zero-order valence-electron chi connectivity index (χ0n) is 19.0. The van der Waals surface area contributed by atoms with Crippen LogP contribution in [0.2, 0.25) is 0 Å². The Hall–Kier alpha value is -0.810. The van der Waals surface area contributed by atoms with Gasteiger partial charge >= 0.3 is 6.09 Å². The number of hydrogen-bond acceptors (Lipinski definition) is 4. The van der Waals surface area contributed by atoms with Gasteiger partial charge < -0.3 is 20.3 Å². The summed E-state index contributed by atoms with van der Waals surface area (Å²) < 4.78 is 5.17. The smallest absolute Gasteiger partial charge is 0.408 e. The fourth-order valence-corrected chi connectivity index (χ4v) is 3.29. The molecule has 0 aromatic heterocycles. The lowest BCUT2D eigenvalue weighted by Gasteiger charge is -2.25. The van der Waals surface area contributed by atoms with Crippen molar-refractivity contribution < 1.29 is 19.7 Å². The summed E-state index contributed by atoms with van der Waals surface area (Å²) in [6.45, 7) is 7.31. The molecule has 3 N–H and O–H groups in total. The fraction of sp³-hybridized carbons (Fsp3) is 0.957. The SMILES string of the molecule is CCCCCCCCCCCCCCC[C@@H](O)[C@H](CO)NC(=O)OC(C)(C)C. The number of nitrogens with one attached hydrogen (secondary N) is 1. The van der Waals surface area contributed by atoms with Crippen LogP contribution >= 0.6 is 0 Å². The predicted molar refractivity (Wildman–Crippen MR) is 117 cm³/mol. The van der Waals surface area contributed by atoms with E-state index in [0.717, 1.165) is 12.8 Å². The molecule has 0 saturated heterocycles. The summed E-state index contributed by atoms with van der Waals surface area (Å²) in [5.74, 6) is 0. The van der Waals surface area contributed by atoms with E-state index >= 15 is 0 Å². The fourth-order valence-electron chi connectivity index (χ4n) is 3.29. The van der Waals surface area contributed by atoms with E-state index in [1.54, 1.807) is 20.8 Å². The topological polar surface area (TPSA) is 78.8 Å². The van der Waals surface area contributed by atoms with Gasteiger partial charge in [-0.1, -0.05) is 90.4 Å². The number of alkyl carbamates (subject to hydrolysis) is 1. The largest absolute Gasteiger partial charge is 0.444 e. The van der Waals surface area contributed by atoms with Crippen LogP contribution in [0.1, 0.15) is 118 Å². The zero-order chi connectivity index (χ0) is 21.3. The first kappa shape index (κ1) is 27.2. The molecule has 0 aromatic rings. The van der Waals surface area contributed by atoms with E-state index in [9.17, 15) is 15.0 Å². The second-order valence-electron chi connectivity index (χ2n) is 9.03. The molecule has 0 radical (unpaired) electrons. The molecule has 0 unspecified atom stereocenters. The van der Waals surface area contributed by atoms with Crippen LogP contribution in [0.15, 0.2) is 0 Å². The first-order valence-electron chi connectivity index (χ1n) is 11.6. The van der Waals surface area contributed by atoms with Crippen LogP contribution in [-0.2, 0) is 4.74 Å². The lowest BCUT2D eigenvalue weighted by molar-refractivity contribution is 0.0333. The van der Waals surface area contributed by atoms with E-state index in [2.05, 4.69) is 12.2 Å². The summed E-state index contributed by atoms with van der Waals surface area (Å²) in [5.41, 5.74) is -0.593. The molecule has 1 amide bonds. The number of aliphatic hydroxyl groups is 2. The first-order chi connectivity index (χ1) is 13.3. The summed E-state index contributed by atoms with van der Waals surface area (Å²) in [6.07, 6.45) is 15.9. The number of rotatable bonds is 17. The summed E-state index contributed by atoms with van der Waals surface area (Å²) in [5, 5.41) is 22.2. The van der Waals surface area contributed by atoms with Crippen molar-refractivity contribution in [3.63, 3.8) is 0 Å². The van der Waals surface area contributed by atoms with Crippen molar-refractivity contribution in [2.75, 3.05) is 6.61 Å². The number of aliphatic hydroxyl groups excluding tert-OH is 2. The molecule has 2 atom stereocenters. The Morgan fingerprint density at radius 1 is 0.857 bits per heavy atom. The van der Waals surface area contributed by atoms with Gasteiger partial charge in [0, 0.05) is 0 Å². The molecule has 28 heavy (non-hydrogen) atoms. The number of carbonyl (C=O) groups is 1. The molecular weight excluding hydrogens is 354 g/mol. The van der Waals surface area contributed by atoms with Gasteiger partial charge in [-0.3, -0.25) is 0 Å². The van der Waals surface area contributed by atoms with Crippen LogP contribution in [0.3, 0.4) is 0 Å². The Bertz CT molecular complexity index is 368. The van der Waals surface area contributed by atoms with Crippen molar-refractivity contribution >= 4 is 6.09 Å². The summed E-state index contributed by atoms with van der Waals surface area (Å²) in [7, 11) is 0. The van der Waals surface area contributed by atoms with Crippen LogP contribution in [0.5, 0.6) is 0 Å². The van der Waals surface area contributed by atoms with Gasteiger partial charge in [-0.2, -0.15) is 0 Å². The highest BCUT2D eigenvalue weighted by atomic mass is 16.6. The van der Waals surface area contributed by atoms with Gasteiger partial charge in [-0.05, 0) is 27.2 Å². The minimum Gasteiger partial charge on any atom is -0.444 e. The molecule has 5 heteroatoms. The van der Waals surface area contributed by atoms with Crippen LogP contribution in [-0.4, -0.2) is 40.7 Å². The lowest BCUT2D eigenvalue weighted by Crippen LogP contribution is -2.47. The minimum absolute atomic E-state index is 0.293. The monoisotopic (exact) mass is 401 g/mol. The number of carbonyl (C=O) groups excluding carboxylic acids is 1. The molecule has 0 aromatic carbocycles. The molecule has 0 aliphatic heterocycles. The van der Waals surface area contributed by atoms with Gasteiger partial charge in [-0.15, -0.1) is 0 Å². The number of amides is 1. The second-order valence-corrected chi connectivity index (χ2v) is 9.03. The third kappa shape index (κ3) is 17.3. The zero-order valence-corrected chi connectivity index (χ0v) is 19.0. The highest BCUT2D eigenvalue weighted by Gasteiger charge is 2.23. The van der Waals surface area contributed by atoms with E-state index in [-0.39, 0.29) is 6.61 Å². The van der Waals surface area contributed by atoms with Gasteiger partial charge in [0.2, 0.25) is 0 Å². The summed E-state index contributed by atoms with van der Waals surface area (Å²) >= 11 is 0. The van der Waals surface area contributed by atoms with E-state index in [0.29, 0.717) is 6.42 Å². The Labute approximate surface area is 173 Å². The van der Waals surface area contributed by atoms with Crippen molar-refractivity contribution in [1.29, 1.82) is 0 Å². The van der Waals surface area contributed by atoms with E-state index < -0.39 is 23.8 Å². The van der Waals surface area contributed by atoms with Gasteiger partial charge in [0.15, 0.2) is 0 Å². The molecule has 0 bridgehead atoms. The molecule has 0 saturated carbocycles. The predicted octanol–water partition coefficient (Wildman–Crippen LogP) is 5.71. The molecule has 0 heterocycles. The molecule has 0 fully saturated rings. The Morgan fingerprint density at radius 2 is 1.29 bits per heavy atom. The van der Waals surface area contributed by atoms with Crippen LogP contribution in [0, 0.1) is 0 Å². The molecule has 0 aliphatic carbocycles. The number of unbranched alkanes of at least 4 members (excludes halogenated alkanes) is 12. The average Bonchev–Trinajstić information content (AvgIpc) is 2.61. The quantitative estimate of drug-likeness (QED) is 0.273. The Morgan fingerprint density at radius 3 is 1.68 bits per heavy atom. The van der Waals surface area contributed by atoms with E-state index in [1.165, 1.54) is 70.6 Å². The van der Waals surface area contributed by atoms with Gasteiger partial charge in [-0.25, -0.2) is 4.79 Å². The highest BCUT2D eigenvalue weighted by Crippen LogP contribution is 2.14. The van der Waals surface area contributed by atoms with Crippen molar-refractivity contribution in [1.82, 2.24) is 5.32 Å². The average molecular weight is 402 g/mol. The maximum absolute atomic E-state index is 11.8. The molecule has 0 aliphatic rings. The van der Waals surface area contributed by atoms with Crippen LogP contribution in [0.25, 0.3) is 0 Å². The van der Waals surface area contributed by atoms with Crippen LogP contribution < -0.4 is 5.32 Å². The first-order valence-corrected chi connectivity index (χ1v) is 11.6. The number of ether oxygens (including phenoxy) is 1. The van der Waals surface area contributed by atoms with Gasteiger partial charge in [0.05, 0.1) is 18.8 Å². The van der Waals surface area contributed by atoms with Crippen molar-refractivity contribution in [2.45, 2.75) is 135 Å². The highest BCUT2D eigenvalue weighted by molar-refractivity contribution is 5.68. The Kier molecular flexibility index (Phi) is 16.6. The molecule has 5 nitrogen and oxygen atoms in total. The van der Waals surface area contributed by atoms with Crippen LogP contribution in [0.4, 0.5) is 4.79 Å². The van der Waals surface area contributed by atoms with Crippen molar-refractivity contribution in [3.8, 4) is 0 Å². The van der Waals surface area contributed by atoms with Gasteiger partial charge in [0.25, 0.3) is 0 Å². The summed E-state index contributed by atoms with van der Waals surface area (Å²) in [4.78, 5) is 11.8. The Balaban J connectivity index is 3.61. The summed E-state index contributed by atoms with van der Waals surface area (Å²) in [6, 6.07) is -0.674. The van der Waals surface area contributed by atoms with E-state index in [4.69, 9.17) is 4.74 Å². The van der Waals surface area contributed by atoms with E-state index in [1.807, 2.05) is 0 Å². The van der Waals surface area contributed by atoms with Crippen molar-refractivity contribution in [3.05, 3.63) is 0 Å². The molecular formula is C23H47NO4. The lowest BCUT2D eigenvalue weighted by atomic mass is 10.0. The third-order valence-electron chi connectivity index (χ3n) is 4.97. The second kappa shape index (κ2) is 17.1. The maximum atomic E-state index is 11.8. The standard InChI is InChI=1S/C23H47NO4/c1-5-6-7-8-9-10-11-12-13-14-15-16-17-18-21(26)20(19-25)24-22(27)28-23(2,3)4/h20-21,25-26H,5-19H2,1-4H3,(H,24,27)/t20-,21+/m0/s1. The maximum Gasteiger partial charge on any atom is 0.408 e. The van der Waals surface area contributed by atoms with Gasteiger partial charge in [0.1, 0.15) is 5.60 Å². The van der Waals surface area contributed by atoms with Crippen molar-refractivity contribution in [2.24, 2.45) is 0 Å². The normalized spacial score (nSPS) is 13.9. The molecule has 0 rings (SSSR count). The molecule has 0 spiro atoms. The minimum atomic E-state index is -0.745. The third-order valence-corrected chi connectivity index (χ3v) is 4.97. The number of hydrogen-bond donors (Lipinski definition) is 3.